The second-order valence-electron chi connectivity index (χ2n) is 3.59. The van der Waals surface area contributed by atoms with Crippen molar-refractivity contribution in [3.05, 3.63) is 39.5 Å². The lowest BCUT2D eigenvalue weighted by Gasteiger charge is -2.02. The van der Waals surface area contributed by atoms with Gasteiger partial charge in [0.15, 0.2) is 11.5 Å². The summed E-state index contributed by atoms with van der Waals surface area (Å²) in [5, 5.41) is 12.5. The molecule has 16 heavy (non-hydrogen) atoms. The highest BCUT2D eigenvalue weighted by molar-refractivity contribution is 9.10. The van der Waals surface area contributed by atoms with Gasteiger partial charge in [-0.1, -0.05) is 17.3 Å². The van der Waals surface area contributed by atoms with Crippen LogP contribution in [-0.4, -0.2) is 5.16 Å². The fourth-order valence-corrected chi connectivity index (χ4v) is 1.87. The van der Waals surface area contributed by atoms with E-state index in [1.54, 1.807) is 0 Å². The quantitative estimate of drug-likeness (QED) is 0.800. The molecule has 0 radical (unpaired) electrons. The number of rotatable bonds is 1. The highest BCUT2D eigenvalue weighted by Gasteiger charge is 2.15. The highest BCUT2D eigenvalue weighted by Crippen LogP contribution is 2.31. The Balaban J connectivity index is 2.55. The fraction of sp³-hybridized carbons (Fsp3) is 0.167. The van der Waals surface area contributed by atoms with E-state index >= 15 is 0 Å². The third-order valence-corrected chi connectivity index (χ3v) is 3.25. The second kappa shape index (κ2) is 4.11. The monoisotopic (exact) mass is 276 g/mol. The summed E-state index contributed by atoms with van der Waals surface area (Å²) in [4.78, 5) is 0. The number of aromatic nitrogens is 1. The minimum atomic E-state index is 0.272. The van der Waals surface area contributed by atoms with Crippen molar-refractivity contribution in [2.24, 2.45) is 0 Å². The van der Waals surface area contributed by atoms with Gasteiger partial charge >= 0.3 is 0 Å². The number of halogens is 1. The minimum absolute atomic E-state index is 0.272. The van der Waals surface area contributed by atoms with Crippen molar-refractivity contribution in [1.29, 1.82) is 5.26 Å². The van der Waals surface area contributed by atoms with Crippen molar-refractivity contribution < 1.29 is 4.52 Å². The number of hydrogen-bond donors (Lipinski definition) is 0. The lowest BCUT2D eigenvalue weighted by atomic mass is 10.0. The summed E-state index contributed by atoms with van der Waals surface area (Å²) in [6.45, 7) is 4.09. The van der Waals surface area contributed by atoms with Crippen LogP contribution in [0.4, 0.5) is 0 Å². The summed E-state index contributed by atoms with van der Waals surface area (Å²) in [6, 6.07) is 7.95. The van der Waals surface area contributed by atoms with Gasteiger partial charge in [-0.15, -0.1) is 0 Å². The molecule has 0 unspecified atom stereocenters. The predicted octanol–water partition coefficient (Wildman–Crippen LogP) is 3.59. The molecule has 0 saturated carbocycles. The number of hydrogen-bond acceptors (Lipinski definition) is 3. The third kappa shape index (κ3) is 1.74. The first-order valence-electron chi connectivity index (χ1n) is 4.76. The average Bonchev–Trinajstić information content (AvgIpc) is 2.64. The number of nitriles is 1. The molecule has 2 rings (SSSR count). The van der Waals surface area contributed by atoms with Crippen LogP contribution in [0.3, 0.4) is 0 Å². The highest BCUT2D eigenvalue weighted by atomic mass is 79.9. The molecule has 4 heteroatoms. The number of aryl methyl sites for hydroxylation is 2. The van der Waals surface area contributed by atoms with E-state index in [2.05, 4.69) is 28.0 Å². The number of nitrogens with zero attached hydrogens (tertiary/aromatic N) is 2. The zero-order chi connectivity index (χ0) is 11.7. The zero-order valence-corrected chi connectivity index (χ0v) is 10.5. The molecule has 0 aliphatic heterocycles. The Morgan fingerprint density at radius 1 is 1.31 bits per heavy atom. The Hall–Kier alpha value is -1.60. The summed E-state index contributed by atoms with van der Waals surface area (Å²) in [7, 11) is 0. The number of benzene rings is 1. The van der Waals surface area contributed by atoms with Gasteiger partial charge in [-0.3, -0.25) is 0 Å². The van der Waals surface area contributed by atoms with Crippen LogP contribution in [0.25, 0.3) is 11.3 Å². The van der Waals surface area contributed by atoms with Gasteiger partial charge in [0, 0.05) is 5.56 Å². The molecule has 0 aliphatic carbocycles. The van der Waals surface area contributed by atoms with Gasteiger partial charge in [-0.05, 0) is 47.0 Å². The topological polar surface area (TPSA) is 49.8 Å². The molecule has 0 aliphatic rings. The molecule has 1 heterocycles. The molecule has 0 saturated heterocycles. The van der Waals surface area contributed by atoms with Crippen LogP contribution in [0.1, 0.15) is 16.8 Å². The molecule has 2 aromatic rings. The molecule has 0 amide bonds. The van der Waals surface area contributed by atoms with E-state index in [0.717, 1.165) is 5.56 Å². The normalized spacial score (nSPS) is 10.1. The van der Waals surface area contributed by atoms with Crippen molar-refractivity contribution in [1.82, 2.24) is 5.16 Å². The molecule has 0 spiro atoms. The van der Waals surface area contributed by atoms with E-state index in [0.29, 0.717) is 10.2 Å². The van der Waals surface area contributed by atoms with E-state index in [1.165, 1.54) is 11.1 Å². The van der Waals surface area contributed by atoms with Crippen molar-refractivity contribution in [3.63, 3.8) is 0 Å². The summed E-state index contributed by atoms with van der Waals surface area (Å²) in [6.07, 6.45) is 0. The van der Waals surface area contributed by atoms with Crippen LogP contribution in [0, 0.1) is 25.2 Å². The van der Waals surface area contributed by atoms with Crippen LogP contribution in [-0.2, 0) is 0 Å². The molecule has 0 fully saturated rings. The Labute approximate surface area is 102 Å². The molecular formula is C12H9BrN2O. The van der Waals surface area contributed by atoms with Crippen molar-refractivity contribution in [2.75, 3.05) is 0 Å². The Bertz CT molecular complexity index is 581. The summed E-state index contributed by atoms with van der Waals surface area (Å²) in [5.74, 6) is 0.597. The van der Waals surface area contributed by atoms with Crippen molar-refractivity contribution in [2.45, 2.75) is 13.8 Å². The van der Waals surface area contributed by atoms with Gasteiger partial charge < -0.3 is 4.52 Å². The van der Waals surface area contributed by atoms with E-state index in [4.69, 9.17) is 9.78 Å². The van der Waals surface area contributed by atoms with Crippen LogP contribution >= 0.6 is 15.9 Å². The maximum Gasteiger partial charge on any atom is 0.198 e. The van der Waals surface area contributed by atoms with E-state index in [9.17, 15) is 0 Å². The first kappa shape index (κ1) is 10.9. The molecule has 3 nitrogen and oxygen atoms in total. The summed E-state index contributed by atoms with van der Waals surface area (Å²) in [5.41, 5.74) is 3.59. The maximum atomic E-state index is 8.77. The Morgan fingerprint density at radius 2 is 2.06 bits per heavy atom. The standard InChI is InChI=1S/C12H9BrN2O/c1-7-3-4-9(5-8(7)2)12-11(13)10(6-14)15-16-12/h3-5H,1-2H3. The van der Waals surface area contributed by atoms with Crippen LogP contribution in [0.2, 0.25) is 0 Å². The molecule has 1 aromatic carbocycles. The average molecular weight is 277 g/mol. The molecule has 1 aromatic heterocycles. The zero-order valence-electron chi connectivity index (χ0n) is 8.91. The van der Waals surface area contributed by atoms with Gasteiger partial charge in [-0.25, -0.2) is 0 Å². The second-order valence-corrected chi connectivity index (χ2v) is 4.38. The Kier molecular flexibility index (Phi) is 2.80. The van der Waals surface area contributed by atoms with E-state index < -0.39 is 0 Å². The van der Waals surface area contributed by atoms with Crippen molar-refractivity contribution in [3.8, 4) is 17.4 Å². The predicted molar refractivity (Wildman–Crippen MR) is 63.8 cm³/mol. The smallest absolute Gasteiger partial charge is 0.198 e. The summed E-state index contributed by atoms with van der Waals surface area (Å²) < 4.78 is 5.76. The lowest BCUT2D eigenvalue weighted by Crippen LogP contribution is -1.82. The van der Waals surface area contributed by atoms with E-state index in [-0.39, 0.29) is 5.69 Å². The fourth-order valence-electron chi connectivity index (χ4n) is 1.41. The van der Waals surface area contributed by atoms with E-state index in [1.807, 2.05) is 31.2 Å². The molecule has 0 N–H and O–H groups in total. The Morgan fingerprint density at radius 3 is 2.62 bits per heavy atom. The molecule has 0 bridgehead atoms. The van der Waals surface area contributed by atoms with Crippen LogP contribution in [0.15, 0.2) is 27.2 Å². The lowest BCUT2D eigenvalue weighted by molar-refractivity contribution is 0.430. The minimum Gasteiger partial charge on any atom is -0.354 e. The SMILES string of the molecule is Cc1ccc(-c2onc(C#N)c2Br)cc1C. The molecular weight excluding hydrogens is 268 g/mol. The first-order chi connectivity index (χ1) is 7.63. The van der Waals surface area contributed by atoms with Gasteiger partial charge in [-0.2, -0.15) is 5.26 Å². The first-order valence-corrected chi connectivity index (χ1v) is 5.55. The maximum absolute atomic E-state index is 8.77. The van der Waals surface area contributed by atoms with Gasteiger partial charge in [0.2, 0.25) is 0 Å². The van der Waals surface area contributed by atoms with Gasteiger partial charge in [0.1, 0.15) is 10.5 Å². The largest absolute Gasteiger partial charge is 0.354 e. The summed E-state index contributed by atoms with van der Waals surface area (Å²) >= 11 is 3.31. The van der Waals surface area contributed by atoms with Gasteiger partial charge in [0.25, 0.3) is 0 Å². The van der Waals surface area contributed by atoms with Crippen LogP contribution < -0.4 is 0 Å². The third-order valence-electron chi connectivity index (χ3n) is 2.51. The molecule has 0 atom stereocenters. The van der Waals surface area contributed by atoms with Crippen LogP contribution in [0.5, 0.6) is 0 Å². The van der Waals surface area contributed by atoms with Gasteiger partial charge in [0.05, 0.1) is 0 Å². The molecule has 80 valence electrons. The van der Waals surface area contributed by atoms with Crippen molar-refractivity contribution >= 4 is 15.9 Å².